The largest absolute Gasteiger partial charge is 0.496 e. The van der Waals surface area contributed by atoms with Crippen molar-refractivity contribution in [1.29, 1.82) is 0 Å². The highest BCUT2D eigenvalue weighted by atomic mass is 32.1. The Bertz CT molecular complexity index is 481. The van der Waals surface area contributed by atoms with Crippen LogP contribution in [0.1, 0.15) is 29.8 Å². The summed E-state index contributed by atoms with van der Waals surface area (Å²) in [7, 11) is 1.72. The van der Waals surface area contributed by atoms with Gasteiger partial charge in [-0.3, -0.25) is 0 Å². The molecule has 19 heavy (non-hydrogen) atoms. The third-order valence-electron chi connectivity index (χ3n) is 3.19. The molecule has 0 radical (unpaired) electrons. The first-order valence-electron chi connectivity index (χ1n) is 6.73. The summed E-state index contributed by atoms with van der Waals surface area (Å²) in [5, 5.41) is 5.63. The molecule has 2 rings (SSSR count). The summed E-state index contributed by atoms with van der Waals surface area (Å²) in [6, 6.07) is 13.2. The van der Waals surface area contributed by atoms with E-state index in [0.29, 0.717) is 6.04 Å². The molecule has 0 aliphatic heterocycles. The van der Waals surface area contributed by atoms with Crippen molar-refractivity contribution < 1.29 is 4.74 Å². The molecule has 0 aliphatic rings. The molecule has 1 aromatic heterocycles. The highest BCUT2D eigenvalue weighted by molar-refractivity contribution is 7.10. The van der Waals surface area contributed by atoms with Crippen LogP contribution in [0.3, 0.4) is 0 Å². The topological polar surface area (TPSA) is 21.3 Å². The second-order valence-electron chi connectivity index (χ2n) is 4.52. The molecule has 2 aromatic rings. The predicted octanol–water partition coefficient (Wildman–Crippen LogP) is 4.04. The molecule has 0 saturated carbocycles. The van der Waals surface area contributed by atoms with Gasteiger partial charge in [-0.05, 0) is 31.0 Å². The van der Waals surface area contributed by atoms with Gasteiger partial charge in [-0.2, -0.15) is 0 Å². The molecule has 1 atom stereocenters. The summed E-state index contributed by atoms with van der Waals surface area (Å²) in [4.78, 5) is 1.36. The Kier molecular flexibility index (Phi) is 5.43. The number of benzene rings is 1. The fourth-order valence-electron chi connectivity index (χ4n) is 2.17. The molecular formula is C16H21NOS. The van der Waals surface area contributed by atoms with Crippen LogP contribution in [0, 0.1) is 0 Å². The average Bonchev–Trinajstić information content (AvgIpc) is 2.93. The maximum atomic E-state index is 5.27. The second kappa shape index (κ2) is 7.31. The monoisotopic (exact) mass is 275 g/mol. The van der Waals surface area contributed by atoms with Crippen LogP contribution in [0.15, 0.2) is 41.8 Å². The third-order valence-corrected chi connectivity index (χ3v) is 4.21. The van der Waals surface area contributed by atoms with Crippen LogP contribution in [0.25, 0.3) is 0 Å². The minimum Gasteiger partial charge on any atom is -0.496 e. The number of hydrogen-bond acceptors (Lipinski definition) is 3. The quantitative estimate of drug-likeness (QED) is 0.823. The number of hydrogen-bond donors (Lipinski definition) is 1. The zero-order valence-corrected chi connectivity index (χ0v) is 12.4. The first kappa shape index (κ1) is 14.1. The van der Waals surface area contributed by atoms with Gasteiger partial charge in [0.25, 0.3) is 0 Å². The molecule has 1 heterocycles. The van der Waals surface area contributed by atoms with E-state index in [1.54, 1.807) is 18.4 Å². The number of ether oxygens (including phenoxy) is 1. The number of nitrogens with one attached hydrogen (secondary N) is 1. The van der Waals surface area contributed by atoms with Crippen molar-refractivity contribution in [3.63, 3.8) is 0 Å². The van der Waals surface area contributed by atoms with Gasteiger partial charge in [0, 0.05) is 16.3 Å². The minimum atomic E-state index is 0.416. The Morgan fingerprint density at radius 3 is 2.68 bits per heavy atom. The highest BCUT2D eigenvalue weighted by Crippen LogP contribution is 2.29. The Morgan fingerprint density at radius 2 is 2.05 bits per heavy atom. The van der Waals surface area contributed by atoms with E-state index in [2.05, 4.69) is 54.0 Å². The lowest BCUT2D eigenvalue weighted by atomic mass is 10.0. The maximum Gasteiger partial charge on any atom is 0.129 e. The van der Waals surface area contributed by atoms with Crippen molar-refractivity contribution in [2.45, 2.75) is 25.8 Å². The molecule has 2 nitrogen and oxygen atoms in total. The van der Waals surface area contributed by atoms with Gasteiger partial charge in [-0.25, -0.2) is 0 Å². The smallest absolute Gasteiger partial charge is 0.129 e. The van der Waals surface area contributed by atoms with Gasteiger partial charge in [-0.1, -0.05) is 37.3 Å². The van der Waals surface area contributed by atoms with Crippen LogP contribution >= 0.6 is 11.3 Å². The molecule has 1 N–H and O–H groups in total. The summed E-state index contributed by atoms with van der Waals surface area (Å²) in [6.07, 6.45) is 2.21. The van der Waals surface area contributed by atoms with Crippen molar-refractivity contribution in [1.82, 2.24) is 5.32 Å². The molecule has 3 heteroatoms. The maximum absolute atomic E-state index is 5.27. The van der Waals surface area contributed by atoms with Crippen molar-refractivity contribution in [2.75, 3.05) is 13.7 Å². The lowest BCUT2D eigenvalue weighted by Gasteiger charge is -2.16. The molecule has 0 spiro atoms. The average molecular weight is 275 g/mol. The lowest BCUT2D eigenvalue weighted by Crippen LogP contribution is -2.20. The van der Waals surface area contributed by atoms with E-state index in [1.807, 2.05) is 0 Å². The SMILES string of the molecule is CCNC(CCc1ccccc1)c1cc(OC)cs1. The fourth-order valence-corrected chi connectivity index (χ4v) is 3.14. The van der Waals surface area contributed by atoms with Gasteiger partial charge in [0.05, 0.1) is 7.11 Å². The molecule has 0 amide bonds. The standard InChI is InChI=1S/C16H21NOS/c1-3-17-15(16-11-14(18-2)12-19-16)10-9-13-7-5-4-6-8-13/h4-8,11-12,15,17H,3,9-10H2,1-2H3. The van der Waals surface area contributed by atoms with Crippen LogP contribution in [0.2, 0.25) is 0 Å². The summed E-state index contributed by atoms with van der Waals surface area (Å²) in [6.45, 7) is 3.14. The Labute approximate surface area is 119 Å². The predicted molar refractivity (Wildman–Crippen MR) is 82.1 cm³/mol. The van der Waals surface area contributed by atoms with E-state index in [0.717, 1.165) is 25.1 Å². The summed E-state index contributed by atoms with van der Waals surface area (Å²) in [5.41, 5.74) is 1.40. The summed E-state index contributed by atoms with van der Waals surface area (Å²) in [5.74, 6) is 0.961. The van der Waals surface area contributed by atoms with Crippen LogP contribution < -0.4 is 10.1 Å². The van der Waals surface area contributed by atoms with E-state index < -0.39 is 0 Å². The lowest BCUT2D eigenvalue weighted by molar-refractivity contribution is 0.415. The Hall–Kier alpha value is -1.32. The van der Waals surface area contributed by atoms with Gasteiger partial charge in [0.1, 0.15) is 5.75 Å². The normalized spacial score (nSPS) is 12.3. The van der Waals surface area contributed by atoms with Crippen LogP contribution in [-0.2, 0) is 6.42 Å². The van der Waals surface area contributed by atoms with Crippen LogP contribution in [0.4, 0.5) is 0 Å². The summed E-state index contributed by atoms with van der Waals surface area (Å²) < 4.78 is 5.27. The van der Waals surface area contributed by atoms with Gasteiger partial charge >= 0.3 is 0 Å². The third kappa shape index (κ3) is 4.08. The fraction of sp³-hybridized carbons (Fsp3) is 0.375. The molecule has 0 bridgehead atoms. The zero-order chi connectivity index (χ0) is 13.5. The number of aryl methyl sites for hydroxylation is 1. The minimum absolute atomic E-state index is 0.416. The number of thiophene rings is 1. The molecule has 0 fully saturated rings. The Balaban J connectivity index is 1.99. The first-order chi connectivity index (χ1) is 9.33. The van der Waals surface area contributed by atoms with Crippen molar-refractivity contribution in [3.05, 3.63) is 52.2 Å². The number of rotatable bonds is 7. The molecule has 1 unspecified atom stereocenters. The van der Waals surface area contributed by atoms with E-state index in [-0.39, 0.29) is 0 Å². The Morgan fingerprint density at radius 1 is 1.26 bits per heavy atom. The first-order valence-corrected chi connectivity index (χ1v) is 7.61. The van der Waals surface area contributed by atoms with Gasteiger partial charge in [0.2, 0.25) is 0 Å². The second-order valence-corrected chi connectivity index (χ2v) is 5.47. The van der Waals surface area contributed by atoms with Gasteiger partial charge < -0.3 is 10.1 Å². The number of methoxy groups -OCH3 is 1. The van der Waals surface area contributed by atoms with Gasteiger partial charge in [-0.15, -0.1) is 11.3 Å². The molecule has 1 aromatic carbocycles. The molecule has 0 aliphatic carbocycles. The molecule has 0 saturated heterocycles. The van der Waals surface area contributed by atoms with Crippen LogP contribution in [-0.4, -0.2) is 13.7 Å². The van der Waals surface area contributed by atoms with E-state index >= 15 is 0 Å². The van der Waals surface area contributed by atoms with Crippen LogP contribution in [0.5, 0.6) is 5.75 Å². The van der Waals surface area contributed by atoms with Crippen molar-refractivity contribution in [3.8, 4) is 5.75 Å². The van der Waals surface area contributed by atoms with E-state index in [9.17, 15) is 0 Å². The molecule has 102 valence electrons. The van der Waals surface area contributed by atoms with E-state index in [4.69, 9.17) is 4.74 Å². The summed E-state index contributed by atoms with van der Waals surface area (Å²) >= 11 is 1.77. The highest BCUT2D eigenvalue weighted by Gasteiger charge is 2.13. The van der Waals surface area contributed by atoms with E-state index in [1.165, 1.54) is 10.4 Å². The van der Waals surface area contributed by atoms with Crippen molar-refractivity contribution >= 4 is 11.3 Å². The zero-order valence-electron chi connectivity index (χ0n) is 11.6. The van der Waals surface area contributed by atoms with Gasteiger partial charge in [0.15, 0.2) is 0 Å². The molecular weight excluding hydrogens is 254 g/mol. The van der Waals surface area contributed by atoms with Crippen molar-refractivity contribution in [2.24, 2.45) is 0 Å².